The molecular formula is C13H21Cl3O4. The molecule has 0 N–H and O–H groups in total. The van der Waals surface area contributed by atoms with Crippen molar-refractivity contribution in [3.05, 3.63) is 0 Å². The maximum absolute atomic E-state index is 11.3. The third-order valence-electron chi connectivity index (χ3n) is 2.42. The van der Waals surface area contributed by atoms with E-state index in [-0.39, 0.29) is 19.0 Å². The predicted octanol–water partition coefficient (Wildman–Crippen LogP) is 4.19. The van der Waals surface area contributed by atoms with E-state index in [2.05, 4.69) is 6.92 Å². The van der Waals surface area contributed by atoms with Crippen LogP contribution in [0.25, 0.3) is 0 Å². The summed E-state index contributed by atoms with van der Waals surface area (Å²) in [7, 11) is 0. The summed E-state index contributed by atoms with van der Waals surface area (Å²) in [6, 6.07) is 0. The van der Waals surface area contributed by atoms with E-state index < -0.39 is 9.76 Å². The summed E-state index contributed by atoms with van der Waals surface area (Å²) in [5, 5.41) is 0. The van der Waals surface area contributed by atoms with Crippen LogP contribution in [0.2, 0.25) is 0 Å². The average molecular weight is 348 g/mol. The Labute approximate surface area is 135 Å². The Morgan fingerprint density at radius 1 is 0.900 bits per heavy atom. The fraction of sp³-hybridized carbons (Fsp3) is 0.846. The zero-order valence-corrected chi connectivity index (χ0v) is 13.9. The van der Waals surface area contributed by atoms with Crippen LogP contribution in [0, 0.1) is 0 Å². The molecule has 0 aliphatic carbocycles. The second kappa shape index (κ2) is 11.5. The number of carbonyl (C=O) groups excluding carboxylic acids is 2. The molecule has 118 valence electrons. The van der Waals surface area contributed by atoms with E-state index in [9.17, 15) is 9.59 Å². The molecule has 0 rings (SSSR count). The minimum Gasteiger partial charge on any atom is -0.466 e. The number of ether oxygens (including phenoxy) is 2. The van der Waals surface area contributed by atoms with Gasteiger partial charge in [-0.25, -0.2) is 0 Å². The van der Waals surface area contributed by atoms with E-state index in [1.165, 1.54) is 0 Å². The van der Waals surface area contributed by atoms with Gasteiger partial charge in [-0.05, 0) is 19.3 Å². The van der Waals surface area contributed by atoms with Crippen molar-refractivity contribution in [2.75, 3.05) is 13.2 Å². The second-order valence-corrected chi connectivity index (χ2v) is 6.93. The molecule has 0 radical (unpaired) electrons. The number of unbranched alkanes of at least 4 members (excludes halogenated alkanes) is 3. The SMILES string of the molecule is CCCCCOC(=O)CCCCC(=O)OCC(Cl)(Cl)Cl. The third-order valence-corrected chi connectivity index (χ3v) is 2.75. The number of alkyl halides is 3. The minimum absolute atomic E-state index is 0.198. The molecule has 0 amide bonds. The van der Waals surface area contributed by atoms with Gasteiger partial charge in [-0.2, -0.15) is 0 Å². The van der Waals surface area contributed by atoms with Crippen molar-refractivity contribution in [3.63, 3.8) is 0 Å². The zero-order chi connectivity index (χ0) is 15.4. The fourth-order valence-corrected chi connectivity index (χ4v) is 1.55. The monoisotopic (exact) mass is 346 g/mol. The van der Waals surface area contributed by atoms with Gasteiger partial charge in [0.25, 0.3) is 0 Å². The average Bonchev–Trinajstić information content (AvgIpc) is 2.36. The number of esters is 2. The maximum Gasteiger partial charge on any atom is 0.305 e. The van der Waals surface area contributed by atoms with Crippen molar-refractivity contribution in [2.45, 2.75) is 55.7 Å². The summed E-state index contributed by atoms with van der Waals surface area (Å²) in [4.78, 5) is 22.6. The van der Waals surface area contributed by atoms with Gasteiger partial charge in [-0.1, -0.05) is 54.6 Å². The Bertz CT molecular complexity index is 290. The van der Waals surface area contributed by atoms with Crippen LogP contribution in [0.4, 0.5) is 0 Å². The molecular weight excluding hydrogens is 326 g/mol. The molecule has 0 saturated heterocycles. The summed E-state index contributed by atoms with van der Waals surface area (Å²) < 4.78 is 8.20. The van der Waals surface area contributed by atoms with E-state index in [1.807, 2.05) is 0 Å². The highest BCUT2D eigenvalue weighted by Crippen LogP contribution is 2.26. The Balaban J connectivity index is 3.46. The number of hydrogen-bond donors (Lipinski definition) is 0. The van der Waals surface area contributed by atoms with Crippen LogP contribution >= 0.6 is 34.8 Å². The van der Waals surface area contributed by atoms with Gasteiger partial charge in [-0.15, -0.1) is 0 Å². The molecule has 0 bridgehead atoms. The van der Waals surface area contributed by atoms with Crippen LogP contribution in [0.5, 0.6) is 0 Å². The lowest BCUT2D eigenvalue weighted by molar-refractivity contribution is -0.145. The Kier molecular flexibility index (Phi) is 11.4. The first-order valence-electron chi connectivity index (χ1n) is 6.73. The van der Waals surface area contributed by atoms with E-state index in [4.69, 9.17) is 44.3 Å². The normalized spacial score (nSPS) is 11.2. The number of rotatable bonds is 10. The standard InChI is InChI=1S/C13H21Cl3O4/c1-2-3-6-9-19-11(17)7-4-5-8-12(18)20-10-13(14,15)16/h2-10H2,1H3. The van der Waals surface area contributed by atoms with Crippen LogP contribution in [-0.4, -0.2) is 28.9 Å². The molecule has 0 atom stereocenters. The molecule has 0 aromatic carbocycles. The largest absolute Gasteiger partial charge is 0.466 e. The lowest BCUT2D eigenvalue weighted by Gasteiger charge is -2.11. The van der Waals surface area contributed by atoms with Crippen molar-refractivity contribution in [1.82, 2.24) is 0 Å². The summed E-state index contributed by atoms with van der Waals surface area (Å²) in [5.74, 6) is -0.664. The lowest BCUT2D eigenvalue weighted by Crippen LogP contribution is -2.17. The highest BCUT2D eigenvalue weighted by atomic mass is 35.6. The summed E-state index contributed by atoms with van der Waals surface area (Å²) in [6.07, 6.45) is 4.67. The molecule has 0 aliphatic rings. The number of halogens is 3. The van der Waals surface area contributed by atoms with Crippen molar-refractivity contribution in [2.24, 2.45) is 0 Å². The molecule has 0 spiro atoms. The van der Waals surface area contributed by atoms with Gasteiger partial charge in [0.2, 0.25) is 3.79 Å². The summed E-state index contributed by atoms with van der Waals surface area (Å²) in [5.41, 5.74) is 0. The van der Waals surface area contributed by atoms with Gasteiger partial charge in [0.15, 0.2) is 0 Å². The predicted molar refractivity (Wildman–Crippen MR) is 80.2 cm³/mol. The van der Waals surface area contributed by atoms with Gasteiger partial charge < -0.3 is 9.47 Å². The fourth-order valence-electron chi connectivity index (χ4n) is 1.38. The molecule has 0 heterocycles. The maximum atomic E-state index is 11.3. The van der Waals surface area contributed by atoms with Crippen molar-refractivity contribution < 1.29 is 19.1 Å². The van der Waals surface area contributed by atoms with Gasteiger partial charge in [0, 0.05) is 12.8 Å². The van der Waals surface area contributed by atoms with Crippen LogP contribution in [-0.2, 0) is 19.1 Å². The molecule has 0 aromatic heterocycles. The first kappa shape index (κ1) is 19.8. The second-order valence-electron chi connectivity index (χ2n) is 4.41. The van der Waals surface area contributed by atoms with Crippen LogP contribution in [0.1, 0.15) is 51.9 Å². The molecule has 0 fully saturated rings. The van der Waals surface area contributed by atoms with E-state index in [0.29, 0.717) is 25.9 Å². The highest BCUT2D eigenvalue weighted by molar-refractivity contribution is 6.67. The van der Waals surface area contributed by atoms with E-state index in [0.717, 1.165) is 19.3 Å². The molecule has 4 nitrogen and oxygen atoms in total. The molecule has 20 heavy (non-hydrogen) atoms. The van der Waals surface area contributed by atoms with Crippen LogP contribution < -0.4 is 0 Å². The summed E-state index contributed by atoms with van der Waals surface area (Å²) in [6.45, 7) is 2.29. The van der Waals surface area contributed by atoms with E-state index >= 15 is 0 Å². The first-order valence-corrected chi connectivity index (χ1v) is 7.86. The van der Waals surface area contributed by atoms with Gasteiger partial charge in [-0.3, -0.25) is 9.59 Å². The molecule has 0 aliphatic heterocycles. The minimum atomic E-state index is -1.59. The highest BCUT2D eigenvalue weighted by Gasteiger charge is 2.21. The van der Waals surface area contributed by atoms with Crippen LogP contribution in [0.3, 0.4) is 0 Å². The topological polar surface area (TPSA) is 52.6 Å². The van der Waals surface area contributed by atoms with E-state index in [1.54, 1.807) is 0 Å². The first-order chi connectivity index (χ1) is 9.35. The Hall–Kier alpha value is -0.190. The smallest absolute Gasteiger partial charge is 0.305 e. The van der Waals surface area contributed by atoms with Crippen molar-refractivity contribution >= 4 is 46.7 Å². The zero-order valence-electron chi connectivity index (χ0n) is 11.6. The Morgan fingerprint density at radius 2 is 1.45 bits per heavy atom. The molecule has 0 unspecified atom stereocenters. The van der Waals surface area contributed by atoms with Crippen molar-refractivity contribution in [1.29, 1.82) is 0 Å². The molecule has 0 saturated carbocycles. The quantitative estimate of drug-likeness (QED) is 0.338. The van der Waals surface area contributed by atoms with Crippen LogP contribution in [0.15, 0.2) is 0 Å². The van der Waals surface area contributed by atoms with Gasteiger partial charge in [0.1, 0.15) is 6.61 Å². The van der Waals surface area contributed by atoms with Gasteiger partial charge >= 0.3 is 11.9 Å². The molecule has 7 heteroatoms. The number of hydrogen-bond acceptors (Lipinski definition) is 4. The Morgan fingerprint density at radius 3 is 1.95 bits per heavy atom. The lowest BCUT2D eigenvalue weighted by atomic mass is 10.2. The summed E-state index contributed by atoms with van der Waals surface area (Å²) >= 11 is 16.3. The number of carbonyl (C=O) groups is 2. The van der Waals surface area contributed by atoms with Gasteiger partial charge in [0.05, 0.1) is 6.61 Å². The molecule has 0 aromatic rings. The van der Waals surface area contributed by atoms with Crippen molar-refractivity contribution in [3.8, 4) is 0 Å². The third kappa shape index (κ3) is 14.2.